The molecule has 126 valence electrons. The number of nitrogens with zero attached hydrogens (tertiary/aromatic N) is 1. The molecule has 0 radical (unpaired) electrons. The van der Waals surface area contributed by atoms with Crippen molar-refractivity contribution in [3.05, 3.63) is 57.0 Å². The predicted octanol–water partition coefficient (Wildman–Crippen LogP) is 4.53. The van der Waals surface area contributed by atoms with Gasteiger partial charge in [0.25, 0.3) is 0 Å². The molecule has 24 heavy (non-hydrogen) atoms. The van der Waals surface area contributed by atoms with Gasteiger partial charge in [-0.15, -0.1) is 11.8 Å². The fourth-order valence-corrected chi connectivity index (χ4v) is 3.39. The standard InChI is InChI=1S/C17H16BrClN2O2S/c1-23-15-5-3-11(7-14(15)18)10-20-21-17(22)9-12-8-13(19)4-6-16(12)24-2/h3-8,10H,9H2,1-2H3,(H,21,22)/b20-10-. The molecule has 0 saturated heterocycles. The van der Waals surface area contributed by atoms with E-state index in [4.69, 9.17) is 16.3 Å². The summed E-state index contributed by atoms with van der Waals surface area (Å²) in [7, 11) is 1.60. The summed E-state index contributed by atoms with van der Waals surface area (Å²) in [6, 6.07) is 11.1. The van der Waals surface area contributed by atoms with Crippen molar-refractivity contribution in [2.45, 2.75) is 11.3 Å². The van der Waals surface area contributed by atoms with Crippen LogP contribution in [0.5, 0.6) is 5.75 Å². The van der Waals surface area contributed by atoms with Crippen LogP contribution in [-0.2, 0) is 11.2 Å². The summed E-state index contributed by atoms with van der Waals surface area (Å²) >= 11 is 11.0. The molecule has 0 unspecified atom stereocenters. The number of rotatable bonds is 6. The Bertz CT molecular complexity index is 768. The zero-order chi connectivity index (χ0) is 17.5. The predicted molar refractivity (Wildman–Crippen MR) is 103 cm³/mol. The van der Waals surface area contributed by atoms with Crippen LogP contribution in [0.15, 0.2) is 50.9 Å². The Morgan fingerprint density at radius 3 is 2.83 bits per heavy atom. The van der Waals surface area contributed by atoms with Crippen LogP contribution in [0.1, 0.15) is 11.1 Å². The van der Waals surface area contributed by atoms with Gasteiger partial charge in [-0.3, -0.25) is 4.79 Å². The molecular weight excluding hydrogens is 412 g/mol. The minimum absolute atomic E-state index is 0.198. The van der Waals surface area contributed by atoms with E-state index in [1.54, 1.807) is 31.2 Å². The SMILES string of the molecule is COc1ccc(/C=N\NC(=O)Cc2cc(Cl)ccc2SC)cc1Br. The number of benzene rings is 2. The summed E-state index contributed by atoms with van der Waals surface area (Å²) in [6.07, 6.45) is 3.76. The Morgan fingerprint density at radius 2 is 2.17 bits per heavy atom. The van der Waals surface area contributed by atoms with E-state index in [1.807, 2.05) is 36.6 Å². The Kier molecular flexibility index (Phi) is 7.15. The van der Waals surface area contributed by atoms with E-state index >= 15 is 0 Å². The first-order valence-electron chi connectivity index (χ1n) is 7.01. The second kappa shape index (κ2) is 9.11. The number of nitrogens with one attached hydrogen (secondary N) is 1. The van der Waals surface area contributed by atoms with E-state index in [0.29, 0.717) is 5.02 Å². The van der Waals surface area contributed by atoms with E-state index in [-0.39, 0.29) is 12.3 Å². The molecule has 0 aliphatic carbocycles. The average Bonchev–Trinajstić information content (AvgIpc) is 2.55. The summed E-state index contributed by atoms with van der Waals surface area (Å²) < 4.78 is 5.99. The summed E-state index contributed by atoms with van der Waals surface area (Å²) in [6.45, 7) is 0. The maximum absolute atomic E-state index is 12.0. The minimum atomic E-state index is -0.198. The van der Waals surface area contributed by atoms with Crippen LogP contribution in [-0.4, -0.2) is 25.5 Å². The quantitative estimate of drug-likeness (QED) is 0.419. The number of methoxy groups -OCH3 is 1. The van der Waals surface area contributed by atoms with Crippen molar-refractivity contribution in [2.24, 2.45) is 5.10 Å². The molecule has 0 saturated carbocycles. The van der Waals surface area contributed by atoms with Gasteiger partial charge < -0.3 is 4.74 Å². The first-order valence-corrected chi connectivity index (χ1v) is 9.41. The summed E-state index contributed by atoms with van der Waals surface area (Å²) in [5, 5.41) is 4.60. The number of thioether (sulfide) groups is 1. The number of amides is 1. The molecule has 0 spiro atoms. The second-order valence-corrected chi connectivity index (χ2v) is 6.96. The largest absolute Gasteiger partial charge is 0.496 e. The Balaban J connectivity index is 1.98. The Morgan fingerprint density at radius 1 is 1.38 bits per heavy atom. The lowest BCUT2D eigenvalue weighted by Crippen LogP contribution is -2.20. The van der Waals surface area contributed by atoms with Crippen LogP contribution in [0.4, 0.5) is 0 Å². The summed E-state index contributed by atoms with van der Waals surface area (Å²) in [5.41, 5.74) is 4.26. The number of ether oxygens (including phenoxy) is 1. The van der Waals surface area contributed by atoms with Gasteiger partial charge in [-0.25, -0.2) is 5.43 Å². The molecule has 7 heteroatoms. The first-order chi connectivity index (χ1) is 11.5. The van der Waals surface area contributed by atoms with E-state index in [1.165, 1.54) is 0 Å². The van der Waals surface area contributed by atoms with Crippen LogP contribution < -0.4 is 10.2 Å². The zero-order valence-electron chi connectivity index (χ0n) is 13.2. The van der Waals surface area contributed by atoms with E-state index in [0.717, 1.165) is 26.2 Å². The maximum Gasteiger partial charge on any atom is 0.244 e. The minimum Gasteiger partial charge on any atom is -0.496 e. The number of hydrazone groups is 1. The zero-order valence-corrected chi connectivity index (χ0v) is 16.3. The molecule has 0 aliphatic rings. The average molecular weight is 428 g/mol. The van der Waals surface area contributed by atoms with Gasteiger partial charge >= 0.3 is 0 Å². The Labute approximate surface area is 158 Å². The third kappa shape index (κ3) is 5.26. The van der Waals surface area contributed by atoms with Crippen molar-refractivity contribution in [2.75, 3.05) is 13.4 Å². The summed E-state index contributed by atoms with van der Waals surface area (Å²) in [5.74, 6) is 0.540. The third-order valence-corrected chi connectivity index (χ3v) is 4.87. The lowest BCUT2D eigenvalue weighted by atomic mass is 10.1. The highest BCUT2D eigenvalue weighted by Gasteiger charge is 2.08. The van der Waals surface area contributed by atoms with E-state index in [9.17, 15) is 4.79 Å². The third-order valence-electron chi connectivity index (χ3n) is 3.17. The van der Waals surface area contributed by atoms with Gasteiger partial charge in [-0.1, -0.05) is 11.6 Å². The van der Waals surface area contributed by atoms with E-state index in [2.05, 4.69) is 26.5 Å². The summed E-state index contributed by atoms with van der Waals surface area (Å²) in [4.78, 5) is 13.1. The number of carbonyl (C=O) groups excluding carboxylic acids is 1. The topological polar surface area (TPSA) is 50.7 Å². The maximum atomic E-state index is 12.0. The van der Waals surface area contributed by atoms with Gasteiger partial charge in [0.15, 0.2) is 0 Å². The number of carbonyl (C=O) groups is 1. The highest BCUT2D eigenvalue weighted by Crippen LogP contribution is 2.25. The fourth-order valence-electron chi connectivity index (χ4n) is 2.04. The first kappa shape index (κ1) is 18.8. The lowest BCUT2D eigenvalue weighted by Gasteiger charge is -2.07. The van der Waals surface area contributed by atoms with Gasteiger partial charge in [0.2, 0.25) is 5.91 Å². The van der Waals surface area contributed by atoms with Crippen molar-refractivity contribution in [3.63, 3.8) is 0 Å². The smallest absolute Gasteiger partial charge is 0.244 e. The molecule has 0 fully saturated rings. The molecule has 2 aromatic rings. The lowest BCUT2D eigenvalue weighted by molar-refractivity contribution is -0.120. The number of halogens is 2. The molecule has 4 nitrogen and oxygen atoms in total. The molecule has 0 atom stereocenters. The molecule has 0 aromatic heterocycles. The van der Waals surface area contributed by atoms with Crippen molar-refractivity contribution in [1.29, 1.82) is 0 Å². The fraction of sp³-hybridized carbons (Fsp3) is 0.176. The van der Waals surface area contributed by atoms with Crippen LogP contribution >= 0.6 is 39.3 Å². The highest BCUT2D eigenvalue weighted by molar-refractivity contribution is 9.10. The highest BCUT2D eigenvalue weighted by atomic mass is 79.9. The molecule has 1 amide bonds. The van der Waals surface area contributed by atoms with Gasteiger partial charge in [-0.05, 0) is 69.7 Å². The molecule has 0 aliphatic heterocycles. The molecular formula is C17H16BrClN2O2S. The van der Waals surface area contributed by atoms with Crippen molar-refractivity contribution in [1.82, 2.24) is 5.43 Å². The van der Waals surface area contributed by atoms with Gasteiger partial charge in [0, 0.05) is 9.92 Å². The second-order valence-electron chi connectivity index (χ2n) is 4.82. The molecule has 0 heterocycles. The normalized spacial score (nSPS) is 10.8. The van der Waals surface area contributed by atoms with Crippen LogP contribution in [0.3, 0.4) is 0 Å². The number of hydrogen-bond acceptors (Lipinski definition) is 4. The van der Waals surface area contributed by atoms with Crippen LogP contribution in [0, 0.1) is 0 Å². The van der Waals surface area contributed by atoms with Gasteiger partial charge in [0.1, 0.15) is 5.75 Å². The van der Waals surface area contributed by atoms with Crippen molar-refractivity contribution in [3.8, 4) is 5.75 Å². The number of hydrogen-bond donors (Lipinski definition) is 1. The van der Waals surface area contributed by atoms with Crippen molar-refractivity contribution >= 4 is 51.4 Å². The van der Waals surface area contributed by atoms with Gasteiger partial charge in [-0.2, -0.15) is 5.10 Å². The molecule has 2 rings (SSSR count). The van der Waals surface area contributed by atoms with Crippen molar-refractivity contribution < 1.29 is 9.53 Å². The van der Waals surface area contributed by atoms with Crippen LogP contribution in [0.25, 0.3) is 0 Å². The molecule has 0 bridgehead atoms. The monoisotopic (exact) mass is 426 g/mol. The molecule has 2 aromatic carbocycles. The van der Waals surface area contributed by atoms with E-state index < -0.39 is 0 Å². The van der Waals surface area contributed by atoms with Crippen LogP contribution in [0.2, 0.25) is 5.02 Å². The Hall–Kier alpha value is -1.50. The van der Waals surface area contributed by atoms with Gasteiger partial charge in [0.05, 0.1) is 24.2 Å². The molecule has 1 N–H and O–H groups in total.